The fourth-order valence-electron chi connectivity index (χ4n) is 2.75. The van der Waals surface area contributed by atoms with E-state index in [2.05, 4.69) is 17.3 Å². The smallest absolute Gasteiger partial charge is 0.251 e. The van der Waals surface area contributed by atoms with E-state index in [-0.39, 0.29) is 11.7 Å². The van der Waals surface area contributed by atoms with Gasteiger partial charge in [-0.1, -0.05) is 19.3 Å². The van der Waals surface area contributed by atoms with Crippen molar-refractivity contribution in [2.45, 2.75) is 38.1 Å². The van der Waals surface area contributed by atoms with Crippen LogP contribution in [0.15, 0.2) is 24.3 Å². The molecule has 1 aromatic carbocycles. The van der Waals surface area contributed by atoms with Gasteiger partial charge in [0.1, 0.15) is 5.82 Å². The van der Waals surface area contributed by atoms with Gasteiger partial charge in [-0.2, -0.15) is 0 Å². The maximum absolute atomic E-state index is 12.8. The first-order valence-corrected chi connectivity index (χ1v) is 7.41. The molecule has 4 heteroatoms. The lowest BCUT2D eigenvalue weighted by Gasteiger charge is -2.31. The van der Waals surface area contributed by atoms with Crippen molar-refractivity contribution in [3.05, 3.63) is 35.6 Å². The van der Waals surface area contributed by atoms with E-state index in [1.807, 2.05) is 0 Å². The van der Waals surface area contributed by atoms with E-state index in [1.165, 1.54) is 56.4 Å². The molecule has 110 valence electrons. The number of carbonyl (C=O) groups is 1. The molecule has 0 spiro atoms. The molecule has 0 saturated heterocycles. The Labute approximate surface area is 120 Å². The summed E-state index contributed by atoms with van der Waals surface area (Å²) in [6.07, 6.45) is 6.52. The van der Waals surface area contributed by atoms with Gasteiger partial charge >= 0.3 is 0 Å². The van der Waals surface area contributed by atoms with E-state index < -0.39 is 0 Å². The Morgan fingerprint density at radius 1 is 1.25 bits per heavy atom. The fourth-order valence-corrected chi connectivity index (χ4v) is 2.75. The molecule has 1 saturated carbocycles. The van der Waals surface area contributed by atoms with E-state index >= 15 is 0 Å². The van der Waals surface area contributed by atoms with E-state index in [4.69, 9.17) is 0 Å². The molecule has 0 heterocycles. The lowest BCUT2D eigenvalue weighted by molar-refractivity contribution is 0.0944. The molecule has 0 atom stereocenters. The number of amides is 1. The van der Waals surface area contributed by atoms with Crippen LogP contribution in [-0.2, 0) is 0 Å². The number of hydrogen-bond acceptors (Lipinski definition) is 2. The topological polar surface area (TPSA) is 32.3 Å². The van der Waals surface area contributed by atoms with Crippen molar-refractivity contribution in [1.29, 1.82) is 0 Å². The normalized spacial score (nSPS) is 16.4. The van der Waals surface area contributed by atoms with Crippen molar-refractivity contribution in [2.75, 3.05) is 20.1 Å². The van der Waals surface area contributed by atoms with Crippen LogP contribution < -0.4 is 5.32 Å². The van der Waals surface area contributed by atoms with Crippen LogP contribution in [0.25, 0.3) is 0 Å². The monoisotopic (exact) mass is 278 g/mol. The summed E-state index contributed by atoms with van der Waals surface area (Å²) < 4.78 is 12.8. The summed E-state index contributed by atoms with van der Waals surface area (Å²) in [4.78, 5) is 14.2. The summed E-state index contributed by atoms with van der Waals surface area (Å²) in [5.41, 5.74) is 0.506. The summed E-state index contributed by atoms with van der Waals surface area (Å²) in [6, 6.07) is 6.29. The number of benzene rings is 1. The average molecular weight is 278 g/mol. The molecule has 1 aliphatic rings. The molecule has 1 amide bonds. The third-order valence-electron chi connectivity index (χ3n) is 4.05. The highest BCUT2D eigenvalue weighted by molar-refractivity contribution is 5.94. The van der Waals surface area contributed by atoms with Gasteiger partial charge in [-0.15, -0.1) is 0 Å². The van der Waals surface area contributed by atoms with E-state index in [0.29, 0.717) is 18.2 Å². The van der Waals surface area contributed by atoms with Gasteiger partial charge in [0.25, 0.3) is 5.91 Å². The second-order valence-electron chi connectivity index (χ2n) is 5.54. The quantitative estimate of drug-likeness (QED) is 0.898. The van der Waals surface area contributed by atoms with E-state index in [9.17, 15) is 9.18 Å². The van der Waals surface area contributed by atoms with Crippen LogP contribution in [0.5, 0.6) is 0 Å². The zero-order valence-corrected chi connectivity index (χ0v) is 12.1. The van der Waals surface area contributed by atoms with Crippen LogP contribution >= 0.6 is 0 Å². The van der Waals surface area contributed by atoms with Crippen LogP contribution in [0.2, 0.25) is 0 Å². The third kappa shape index (κ3) is 4.30. The Balaban J connectivity index is 1.72. The number of nitrogens with zero attached hydrogens (tertiary/aromatic N) is 1. The first kappa shape index (κ1) is 15.0. The van der Waals surface area contributed by atoms with Gasteiger partial charge in [0, 0.05) is 24.7 Å². The Morgan fingerprint density at radius 2 is 1.90 bits per heavy atom. The zero-order chi connectivity index (χ0) is 14.4. The highest BCUT2D eigenvalue weighted by Crippen LogP contribution is 2.21. The van der Waals surface area contributed by atoms with Gasteiger partial charge in [0.15, 0.2) is 0 Å². The number of carbonyl (C=O) groups excluding carboxylic acids is 1. The highest BCUT2D eigenvalue weighted by Gasteiger charge is 2.17. The Hall–Kier alpha value is -1.42. The van der Waals surface area contributed by atoms with Crippen molar-refractivity contribution in [2.24, 2.45) is 0 Å². The van der Waals surface area contributed by atoms with Gasteiger partial charge in [-0.25, -0.2) is 4.39 Å². The number of rotatable bonds is 5. The molecule has 3 nitrogen and oxygen atoms in total. The molecule has 1 N–H and O–H groups in total. The summed E-state index contributed by atoms with van der Waals surface area (Å²) in [5.74, 6) is -0.458. The predicted octanol–water partition coefficient (Wildman–Crippen LogP) is 2.82. The molecule has 2 rings (SSSR count). The molecule has 0 unspecified atom stereocenters. The zero-order valence-electron chi connectivity index (χ0n) is 12.1. The van der Waals surface area contributed by atoms with Crippen LogP contribution in [-0.4, -0.2) is 37.0 Å². The molecule has 0 aliphatic heterocycles. The second kappa shape index (κ2) is 7.39. The third-order valence-corrected chi connectivity index (χ3v) is 4.05. The summed E-state index contributed by atoms with van der Waals surface area (Å²) in [6.45, 7) is 1.49. The van der Waals surface area contributed by atoms with Gasteiger partial charge in [0.05, 0.1) is 0 Å². The van der Waals surface area contributed by atoms with Gasteiger partial charge in [0.2, 0.25) is 0 Å². The summed E-state index contributed by atoms with van der Waals surface area (Å²) in [7, 11) is 2.13. The van der Waals surface area contributed by atoms with E-state index in [1.54, 1.807) is 0 Å². The van der Waals surface area contributed by atoms with Crippen LogP contribution in [0.3, 0.4) is 0 Å². The van der Waals surface area contributed by atoms with Gasteiger partial charge in [-0.3, -0.25) is 4.79 Å². The standard InChI is InChI=1S/C16H23FN2O/c1-19(15-5-3-2-4-6-15)12-11-18-16(20)13-7-9-14(17)10-8-13/h7-10,15H,2-6,11-12H2,1H3,(H,18,20). The number of nitrogens with one attached hydrogen (secondary N) is 1. The number of hydrogen-bond donors (Lipinski definition) is 1. The number of likely N-dealkylation sites (N-methyl/N-ethyl adjacent to an activating group) is 1. The van der Waals surface area contributed by atoms with Crippen LogP contribution in [0.4, 0.5) is 4.39 Å². The largest absolute Gasteiger partial charge is 0.351 e. The van der Waals surface area contributed by atoms with Crippen molar-refractivity contribution < 1.29 is 9.18 Å². The number of halogens is 1. The SMILES string of the molecule is CN(CCNC(=O)c1ccc(F)cc1)C1CCCCC1. The fraction of sp³-hybridized carbons (Fsp3) is 0.562. The summed E-state index contributed by atoms with van der Waals surface area (Å²) >= 11 is 0. The minimum absolute atomic E-state index is 0.137. The minimum Gasteiger partial charge on any atom is -0.351 e. The maximum atomic E-state index is 12.8. The maximum Gasteiger partial charge on any atom is 0.251 e. The molecule has 0 radical (unpaired) electrons. The molecule has 1 aliphatic carbocycles. The Morgan fingerprint density at radius 3 is 2.55 bits per heavy atom. The van der Waals surface area contributed by atoms with Crippen molar-refractivity contribution in [3.63, 3.8) is 0 Å². The van der Waals surface area contributed by atoms with Crippen molar-refractivity contribution >= 4 is 5.91 Å². The first-order chi connectivity index (χ1) is 9.66. The summed E-state index contributed by atoms with van der Waals surface area (Å²) in [5, 5.41) is 2.89. The molecule has 0 aromatic heterocycles. The van der Waals surface area contributed by atoms with Crippen molar-refractivity contribution in [1.82, 2.24) is 10.2 Å². The van der Waals surface area contributed by atoms with Crippen LogP contribution in [0.1, 0.15) is 42.5 Å². The van der Waals surface area contributed by atoms with E-state index in [0.717, 1.165) is 6.54 Å². The molecule has 20 heavy (non-hydrogen) atoms. The molecular weight excluding hydrogens is 255 g/mol. The van der Waals surface area contributed by atoms with Gasteiger partial charge in [-0.05, 0) is 44.2 Å². The second-order valence-corrected chi connectivity index (χ2v) is 5.54. The Bertz CT molecular complexity index is 427. The average Bonchev–Trinajstić information content (AvgIpc) is 2.48. The highest BCUT2D eigenvalue weighted by atomic mass is 19.1. The predicted molar refractivity (Wildman–Crippen MR) is 78.2 cm³/mol. The lowest BCUT2D eigenvalue weighted by atomic mass is 9.94. The molecule has 1 aromatic rings. The lowest BCUT2D eigenvalue weighted by Crippen LogP contribution is -2.39. The molecule has 1 fully saturated rings. The van der Waals surface area contributed by atoms with Crippen molar-refractivity contribution in [3.8, 4) is 0 Å². The van der Waals surface area contributed by atoms with Gasteiger partial charge < -0.3 is 10.2 Å². The Kier molecular flexibility index (Phi) is 5.53. The minimum atomic E-state index is -0.321. The van der Waals surface area contributed by atoms with Crippen LogP contribution in [0, 0.1) is 5.82 Å². The first-order valence-electron chi connectivity index (χ1n) is 7.41. The molecule has 0 bridgehead atoms. The molecular formula is C16H23FN2O.